The number of rotatable bonds is 9. The number of hydrogen-bond acceptors (Lipinski definition) is 3. The van der Waals surface area contributed by atoms with Crippen LogP contribution in [0.2, 0.25) is 0 Å². The molecule has 0 aliphatic heterocycles. The number of aromatic nitrogens is 1. The van der Waals surface area contributed by atoms with Crippen LogP contribution in [0.15, 0.2) is 146 Å². The molecule has 0 fully saturated rings. The number of benzene rings is 4. The van der Waals surface area contributed by atoms with Gasteiger partial charge in [0.2, 0.25) is 5.69 Å². The quantitative estimate of drug-likeness (QED) is 0.136. The summed E-state index contributed by atoms with van der Waals surface area (Å²) in [5.74, 6) is 0. The van der Waals surface area contributed by atoms with Crippen LogP contribution >= 0.6 is 14.3 Å². The van der Waals surface area contributed by atoms with Crippen LogP contribution in [0.25, 0.3) is 0 Å². The first-order valence-electron chi connectivity index (χ1n) is 12.6. The monoisotopic (exact) mass is 537 g/mol. The summed E-state index contributed by atoms with van der Waals surface area (Å²) in [4.78, 5) is 0. The fourth-order valence-electron chi connectivity index (χ4n) is 5.07. The van der Waals surface area contributed by atoms with Crippen LogP contribution in [0, 0.1) is 5.21 Å². The van der Waals surface area contributed by atoms with Crippen LogP contribution in [0.5, 0.6) is 0 Å². The molecule has 38 heavy (non-hydrogen) atoms. The molecule has 0 aliphatic rings. The molecule has 1 atom stereocenters. The van der Waals surface area contributed by atoms with E-state index in [1.807, 2.05) is 121 Å². The van der Waals surface area contributed by atoms with Crippen LogP contribution in [0.1, 0.15) is 17.8 Å². The predicted molar refractivity (Wildman–Crippen MR) is 157 cm³/mol. The normalized spacial score (nSPS) is 12.6. The van der Waals surface area contributed by atoms with Crippen LogP contribution in [0.3, 0.4) is 0 Å². The van der Waals surface area contributed by atoms with Crippen molar-refractivity contribution >= 4 is 35.5 Å². The molecule has 5 aromatic rings. The Labute approximate surface area is 224 Å². The lowest BCUT2D eigenvalue weighted by Crippen LogP contribution is -2.35. The Morgan fingerprint density at radius 2 is 0.947 bits per heavy atom. The first kappa shape index (κ1) is 25.9. The minimum Gasteiger partial charge on any atom is -0.618 e. The Morgan fingerprint density at radius 3 is 1.37 bits per heavy atom. The van der Waals surface area contributed by atoms with Gasteiger partial charge >= 0.3 is 0 Å². The topological polar surface area (TPSA) is 61.1 Å². The highest BCUT2D eigenvalue weighted by Crippen LogP contribution is 2.60. The van der Waals surface area contributed by atoms with Crippen molar-refractivity contribution in [3.05, 3.63) is 157 Å². The third-order valence-electron chi connectivity index (χ3n) is 6.98. The Balaban J connectivity index is 1.68. The summed E-state index contributed by atoms with van der Waals surface area (Å²) < 4.78 is 31.1. The molecule has 0 saturated carbocycles. The van der Waals surface area contributed by atoms with E-state index >= 15 is 4.57 Å². The summed E-state index contributed by atoms with van der Waals surface area (Å²) in [6, 6.07) is 42.9. The zero-order chi connectivity index (χ0) is 26.4. The van der Waals surface area contributed by atoms with Crippen molar-refractivity contribution in [2.75, 3.05) is 6.16 Å². The van der Waals surface area contributed by atoms with Gasteiger partial charge in [-0.3, -0.25) is 0 Å². The third-order valence-corrected chi connectivity index (χ3v) is 13.7. The van der Waals surface area contributed by atoms with Crippen LogP contribution in [-0.4, -0.2) is 6.16 Å². The van der Waals surface area contributed by atoms with Gasteiger partial charge in [-0.05, 0) is 12.5 Å². The molecule has 190 valence electrons. The first-order valence-corrected chi connectivity index (χ1v) is 16.3. The fourth-order valence-corrected chi connectivity index (χ4v) is 11.3. The van der Waals surface area contributed by atoms with E-state index in [4.69, 9.17) is 0 Å². The molecule has 0 bridgehead atoms. The van der Waals surface area contributed by atoms with Gasteiger partial charge in [0.25, 0.3) is 0 Å². The molecule has 4 nitrogen and oxygen atoms in total. The highest BCUT2D eigenvalue weighted by Gasteiger charge is 2.43. The molecule has 5 rings (SSSR count). The van der Waals surface area contributed by atoms with E-state index < -0.39 is 19.9 Å². The lowest BCUT2D eigenvalue weighted by atomic mass is 10.2. The standard InChI is InChI=1S/C32H29NO3P2/c34-33-25-14-13-23-31(33)32(38(36,29-19-9-3-10-20-29)30-21-11-4-12-22-30)24-26-37(35,27-15-5-1-6-16-27)28-17-7-2-8-18-28/h1-23,25,32H,24,26H2. The average molecular weight is 538 g/mol. The highest BCUT2D eigenvalue weighted by molar-refractivity contribution is 7.79. The summed E-state index contributed by atoms with van der Waals surface area (Å²) in [6.07, 6.45) is 2.01. The molecule has 0 N–H and O–H groups in total. The van der Waals surface area contributed by atoms with Gasteiger partial charge in [-0.25, -0.2) is 0 Å². The van der Waals surface area contributed by atoms with Crippen molar-refractivity contribution in [3.63, 3.8) is 0 Å². The second kappa shape index (κ2) is 11.4. The van der Waals surface area contributed by atoms with Crippen LogP contribution in [-0.2, 0) is 9.13 Å². The van der Waals surface area contributed by atoms with Crippen molar-refractivity contribution in [1.29, 1.82) is 0 Å². The van der Waals surface area contributed by atoms with Gasteiger partial charge in [0.15, 0.2) is 13.3 Å². The molecule has 0 radical (unpaired) electrons. The maximum Gasteiger partial charge on any atom is 0.203 e. The molecule has 0 aliphatic carbocycles. The summed E-state index contributed by atoms with van der Waals surface area (Å²) in [5, 5.41) is 16.0. The second-order valence-corrected chi connectivity index (χ2v) is 15.2. The molecule has 6 heteroatoms. The molecule has 1 aromatic heterocycles. The molecule has 1 unspecified atom stereocenters. The van der Waals surface area contributed by atoms with E-state index in [2.05, 4.69) is 0 Å². The van der Waals surface area contributed by atoms with Gasteiger partial charge in [0, 0.05) is 39.5 Å². The van der Waals surface area contributed by atoms with Gasteiger partial charge in [0.1, 0.15) is 12.8 Å². The Bertz CT molecular complexity index is 1490. The van der Waals surface area contributed by atoms with Gasteiger partial charge in [0.05, 0.1) is 0 Å². The Hall–Kier alpha value is -3.71. The molecular formula is C32H29NO3P2. The maximum absolute atomic E-state index is 15.4. The van der Waals surface area contributed by atoms with Crippen molar-refractivity contribution in [2.45, 2.75) is 12.1 Å². The molecule has 0 amide bonds. The van der Waals surface area contributed by atoms with Gasteiger partial charge < -0.3 is 14.3 Å². The number of hydrogen-bond donors (Lipinski definition) is 0. The minimum atomic E-state index is -3.39. The molecule has 0 spiro atoms. The summed E-state index contributed by atoms with van der Waals surface area (Å²) in [5.41, 5.74) is -0.261. The van der Waals surface area contributed by atoms with Gasteiger partial charge in [-0.2, -0.15) is 4.73 Å². The van der Waals surface area contributed by atoms with Gasteiger partial charge in [-0.1, -0.05) is 121 Å². The Morgan fingerprint density at radius 1 is 0.553 bits per heavy atom. The number of nitrogens with zero attached hydrogens (tertiary/aromatic N) is 1. The molecular weight excluding hydrogens is 508 g/mol. The van der Waals surface area contributed by atoms with Crippen molar-refractivity contribution in [3.8, 4) is 0 Å². The highest BCUT2D eigenvalue weighted by atomic mass is 31.2. The zero-order valence-corrected chi connectivity index (χ0v) is 22.7. The fraction of sp³-hybridized carbons (Fsp3) is 0.0938. The maximum atomic E-state index is 15.4. The van der Waals surface area contributed by atoms with E-state index in [1.54, 1.807) is 18.2 Å². The summed E-state index contributed by atoms with van der Waals surface area (Å²) >= 11 is 0. The minimum absolute atomic E-state index is 0.268. The SMILES string of the molecule is O=P(CCC(c1cccc[n+]1[O-])P(=O)(c1ccccc1)c1ccccc1)(c1ccccc1)c1ccccc1. The van der Waals surface area contributed by atoms with Crippen molar-refractivity contribution < 1.29 is 13.9 Å². The van der Waals surface area contributed by atoms with E-state index in [0.29, 0.717) is 22.7 Å². The first-order chi connectivity index (χ1) is 18.5. The van der Waals surface area contributed by atoms with Crippen LogP contribution < -0.4 is 25.9 Å². The van der Waals surface area contributed by atoms with E-state index in [1.165, 1.54) is 6.20 Å². The lowest BCUT2D eigenvalue weighted by Gasteiger charge is -2.29. The smallest absolute Gasteiger partial charge is 0.203 e. The predicted octanol–water partition coefficient (Wildman–Crippen LogP) is 5.78. The largest absolute Gasteiger partial charge is 0.618 e. The molecule has 0 saturated heterocycles. The van der Waals surface area contributed by atoms with Crippen molar-refractivity contribution in [1.82, 2.24) is 0 Å². The van der Waals surface area contributed by atoms with Crippen molar-refractivity contribution in [2.24, 2.45) is 0 Å². The van der Waals surface area contributed by atoms with E-state index in [-0.39, 0.29) is 6.16 Å². The van der Waals surface area contributed by atoms with Crippen LogP contribution in [0.4, 0.5) is 0 Å². The third kappa shape index (κ3) is 5.03. The summed E-state index contributed by atoms with van der Waals surface area (Å²) in [6.45, 7) is 0. The van der Waals surface area contributed by atoms with E-state index in [9.17, 15) is 9.77 Å². The Kier molecular flexibility index (Phi) is 7.74. The lowest BCUT2D eigenvalue weighted by molar-refractivity contribution is -0.614. The number of pyridine rings is 1. The summed E-state index contributed by atoms with van der Waals surface area (Å²) in [7, 11) is -6.49. The molecule has 1 heterocycles. The molecule has 4 aromatic carbocycles. The average Bonchev–Trinajstić information content (AvgIpc) is 2.99. The van der Waals surface area contributed by atoms with Gasteiger partial charge in [-0.15, -0.1) is 0 Å². The second-order valence-electron chi connectivity index (χ2n) is 9.22. The van der Waals surface area contributed by atoms with E-state index in [0.717, 1.165) is 15.3 Å². The zero-order valence-electron chi connectivity index (χ0n) is 20.9.